The highest BCUT2D eigenvalue weighted by molar-refractivity contribution is 8.23. The second-order valence-corrected chi connectivity index (χ2v) is 4.29. The molecule has 0 saturated heterocycles. The van der Waals surface area contributed by atoms with Crippen molar-refractivity contribution < 1.29 is 9.53 Å². The van der Waals surface area contributed by atoms with E-state index in [1.807, 2.05) is 6.92 Å². The number of hydrogen-bond acceptors (Lipinski definition) is 4. The van der Waals surface area contributed by atoms with Gasteiger partial charge < -0.3 is 10.5 Å². The summed E-state index contributed by atoms with van der Waals surface area (Å²) in [6, 6.07) is 0. The Bertz CT molecular complexity index is 213. The molecule has 1 unspecified atom stereocenters. The van der Waals surface area contributed by atoms with Gasteiger partial charge >= 0.3 is 0 Å². The minimum Gasteiger partial charge on any atom is -0.385 e. The van der Waals surface area contributed by atoms with Crippen molar-refractivity contribution in [1.82, 2.24) is 0 Å². The van der Waals surface area contributed by atoms with Gasteiger partial charge in [0.2, 0.25) is 0 Å². The van der Waals surface area contributed by atoms with E-state index in [1.165, 1.54) is 6.08 Å². The van der Waals surface area contributed by atoms with Crippen LogP contribution in [0.2, 0.25) is 0 Å². The fourth-order valence-corrected chi connectivity index (χ4v) is 1.87. The molecule has 0 aliphatic heterocycles. The van der Waals surface area contributed by atoms with Crippen LogP contribution >= 0.6 is 24.0 Å². The Kier molecular flexibility index (Phi) is 5.17. The SMILES string of the molecule is CCOC(C)(C=C=O)SC(N)=S. The van der Waals surface area contributed by atoms with E-state index in [0.29, 0.717) is 6.61 Å². The molecule has 0 radical (unpaired) electrons. The van der Waals surface area contributed by atoms with Gasteiger partial charge in [-0.3, -0.25) is 0 Å². The van der Waals surface area contributed by atoms with Crippen molar-refractivity contribution in [1.29, 1.82) is 0 Å². The van der Waals surface area contributed by atoms with Crippen LogP contribution in [0.5, 0.6) is 0 Å². The Morgan fingerprint density at radius 2 is 2.50 bits per heavy atom. The van der Waals surface area contributed by atoms with Gasteiger partial charge in [0.1, 0.15) is 15.2 Å². The first kappa shape index (κ1) is 11.6. The van der Waals surface area contributed by atoms with Crippen LogP contribution in [0.3, 0.4) is 0 Å². The molecule has 0 amide bonds. The van der Waals surface area contributed by atoms with Gasteiger partial charge in [-0.05, 0) is 13.8 Å². The molecule has 0 spiro atoms. The zero-order chi connectivity index (χ0) is 9.61. The van der Waals surface area contributed by atoms with E-state index in [-0.39, 0.29) is 4.32 Å². The van der Waals surface area contributed by atoms with Crippen molar-refractivity contribution in [3.63, 3.8) is 0 Å². The molecule has 0 fully saturated rings. The summed E-state index contributed by atoms with van der Waals surface area (Å²) >= 11 is 5.80. The molecule has 68 valence electrons. The molecule has 0 rings (SSSR count). The van der Waals surface area contributed by atoms with Crippen LogP contribution in [0.15, 0.2) is 6.08 Å². The van der Waals surface area contributed by atoms with E-state index in [9.17, 15) is 4.79 Å². The molecule has 0 bridgehead atoms. The van der Waals surface area contributed by atoms with Crippen molar-refractivity contribution in [2.45, 2.75) is 18.8 Å². The maximum absolute atomic E-state index is 10.1. The van der Waals surface area contributed by atoms with Crippen LogP contribution in [0.25, 0.3) is 0 Å². The van der Waals surface area contributed by atoms with Crippen LogP contribution < -0.4 is 5.73 Å². The molecule has 0 aromatic rings. The molecule has 3 nitrogen and oxygen atoms in total. The van der Waals surface area contributed by atoms with Crippen LogP contribution in [0, 0.1) is 0 Å². The topological polar surface area (TPSA) is 52.3 Å². The largest absolute Gasteiger partial charge is 0.385 e. The average molecular weight is 205 g/mol. The summed E-state index contributed by atoms with van der Waals surface area (Å²) in [5.74, 6) is 1.66. The number of thioether (sulfide) groups is 1. The van der Waals surface area contributed by atoms with E-state index in [2.05, 4.69) is 12.2 Å². The minimum absolute atomic E-state index is 0.248. The highest BCUT2D eigenvalue weighted by atomic mass is 32.2. The van der Waals surface area contributed by atoms with E-state index >= 15 is 0 Å². The fraction of sp³-hybridized carbons (Fsp3) is 0.571. The number of carbonyl (C=O) groups excluding carboxylic acids is 1. The normalized spacial score (nSPS) is 14.5. The smallest absolute Gasteiger partial charge is 0.146 e. The molecule has 12 heavy (non-hydrogen) atoms. The summed E-state index contributed by atoms with van der Waals surface area (Å²) in [6.07, 6.45) is 1.26. The number of thiocarbonyl (C=S) groups is 1. The van der Waals surface area contributed by atoms with Gasteiger partial charge in [-0.2, -0.15) is 0 Å². The predicted octanol–water partition coefficient (Wildman–Crippen LogP) is 1.10. The monoisotopic (exact) mass is 205 g/mol. The van der Waals surface area contributed by atoms with Gasteiger partial charge in [0.05, 0.1) is 0 Å². The summed E-state index contributed by atoms with van der Waals surface area (Å²) in [4.78, 5) is 9.34. The summed E-state index contributed by atoms with van der Waals surface area (Å²) in [7, 11) is 0. The lowest BCUT2D eigenvalue weighted by Gasteiger charge is -2.22. The lowest BCUT2D eigenvalue weighted by Crippen LogP contribution is -2.25. The molecule has 0 heterocycles. The fourth-order valence-electron chi connectivity index (χ4n) is 0.694. The van der Waals surface area contributed by atoms with E-state index in [4.69, 9.17) is 10.5 Å². The zero-order valence-corrected chi connectivity index (χ0v) is 8.63. The van der Waals surface area contributed by atoms with Crippen LogP contribution in [0.4, 0.5) is 0 Å². The van der Waals surface area contributed by atoms with E-state index < -0.39 is 4.93 Å². The van der Waals surface area contributed by atoms with Crippen molar-refractivity contribution in [2.75, 3.05) is 6.61 Å². The molecule has 1 atom stereocenters. The first-order chi connectivity index (χ1) is 5.54. The quantitative estimate of drug-likeness (QED) is 0.423. The average Bonchev–Trinajstić information content (AvgIpc) is 1.85. The van der Waals surface area contributed by atoms with E-state index in [1.54, 1.807) is 12.9 Å². The Morgan fingerprint density at radius 1 is 1.92 bits per heavy atom. The summed E-state index contributed by atoms with van der Waals surface area (Å²) in [5, 5.41) is 0. The number of nitrogens with two attached hydrogens (primary N) is 1. The second kappa shape index (κ2) is 5.32. The lowest BCUT2D eigenvalue weighted by molar-refractivity contribution is 0.0850. The summed E-state index contributed by atoms with van der Waals surface area (Å²) in [6.45, 7) is 4.03. The standard InChI is InChI=1S/C7H11NO2S2/c1-3-10-7(2,4-5-9)12-6(8)11/h4H,3H2,1-2H3,(H2,8,11). The third-order valence-electron chi connectivity index (χ3n) is 1.06. The summed E-state index contributed by atoms with van der Waals surface area (Å²) < 4.78 is 5.51. The Labute approximate surface area is 81.3 Å². The third kappa shape index (κ3) is 4.51. The van der Waals surface area contributed by atoms with Gasteiger partial charge in [-0.1, -0.05) is 24.0 Å². The summed E-state index contributed by atoms with van der Waals surface area (Å²) in [5.41, 5.74) is 5.30. The first-order valence-corrected chi connectivity index (χ1v) is 4.61. The van der Waals surface area contributed by atoms with Crippen molar-refractivity contribution in [2.24, 2.45) is 5.73 Å². The molecule has 0 saturated carbocycles. The van der Waals surface area contributed by atoms with Crippen molar-refractivity contribution in [3.8, 4) is 0 Å². The predicted molar refractivity (Wildman–Crippen MR) is 54.7 cm³/mol. The van der Waals surface area contributed by atoms with Crippen LogP contribution in [-0.4, -0.2) is 21.8 Å². The Morgan fingerprint density at radius 3 is 2.83 bits per heavy atom. The molecular formula is C7H11NO2S2. The molecule has 2 N–H and O–H groups in total. The van der Waals surface area contributed by atoms with Crippen molar-refractivity contribution >= 4 is 34.2 Å². The Hall–Kier alpha value is -0.350. The lowest BCUT2D eigenvalue weighted by atomic mass is 10.4. The van der Waals surface area contributed by atoms with Crippen LogP contribution in [0.1, 0.15) is 13.8 Å². The van der Waals surface area contributed by atoms with Gasteiger partial charge in [0, 0.05) is 12.7 Å². The van der Waals surface area contributed by atoms with Crippen LogP contribution in [-0.2, 0) is 9.53 Å². The highest BCUT2D eigenvalue weighted by Crippen LogP contribution is 2.26. The Balaban J connectivity index is 4.37. The molecule has 0 aromatic carbocycles. The second-order valence-electron chi connectivity index (χ2n) is 2.13. The zero-order valence-electron chi connectivity index (χ0n) is 6.99. The van der Waals surface area contributed by atoms with Crippen molar-refractivity contribution in [3.05, 3.63) is 6.08 Å². The maximum atomic E-state index is 10.1. The van der Waals surface area contributed by atoms with Gasteiger partial charge in [0.15, 0.2) is 0 Å². The molecule has 0 aliphatic carbocycles. The molecule has 5 heteroatoms. The number of ether oxygens (including phenoxy) is 1. The minimum atomic E-state index is -0.775. The number of rotatable bonds is 4. The van der Waals surface area contributed by atoms with E-state index in [0.717, 1.165) is 11.8 Å². The van der Waals surface area contributed by atoms with Gasteiger partial charge in [-0.15, -0.1) is 0 Å². The number of hydrogen-bond donors (Lipinski definition) is 1. The molecular weight excluding hydrogens is 194 g/mol. The highest BCUT2D eigenvalue weighted by Gasteiger charge is 2.23. The molecule has 0 aliphatic rings. The van der Waals surface area contributed by atoms with Gasteiger partial charge in [0.25, 0.3) is 0 Å². The maximum Gasteiger partial charge on any atom is 0.146 e. The third-order valence-corrected chi connectivity index (χ3v) is 2.15. The molecule has 0 aromatic heterocycles. The first-order valence-electron chi connectivity index (χ1n) is 3.38. The van der Waals surface area contributed by atoms with Gasteiger partial charge in [-0.25, -0.2) is 4.79 Å².